The fourth-order valence-electron chi connectivity index (χ4n) is 3.17. The highest BCUT2D eigenvalue weighted by Crippen LogP contribution is 2.17. The first-order valence-electron chi connectivity index (χ1n) is 9.63. The number of pyridine rings is 1. The van der Waals surface area contributed by atoms with Crippen LogP contribution in [0.4, 0.5) is 0 Å². The molecule has 0 aliphatic carbocycles. The Morgan fingerprint density at radius 3 is 2.48 bits per heavy atom. The van der Waals surface area contributed by atoms with Crippen molar-refractivity contribution in [2.24, 2.45) is 0 Å². The van der Waals surface area contributed by atoms with Gasteiger partial charge in [0.15, 0.2) is 5.75 Å². The summed E-state index contributed by atoms with van der Waals surface area (Å²) in [6.07, 6.45) is 5.96. The van der Waals surface area contributed by atoms with Gasteiger partial charge in [0.25, 0.3) is 5.56 Å². The Balaban J connectivity index is 1.38. The minimum atomic E-state index is -0.201. The van der Waals surface area contributed by atoms with E-state index in [0.717, 1.165) is 41.8 Å². The molecule has 0 radical (unpaired) electrons. The third-order valence-corrected chi connectivity index (χ3v) is 4.66. The number of aryl methyl sites for hydroxylation is 2. The first kappa shape index (κ1) is 18.7. The fraction of sp³-hybridized carbons (Fsp3) is 0.174. The van der Waals surface area contributed by atoms with Gasteiger partial charge in [0.1, 0.15) is 6.61 Å². The van der Waals surface area contributed by atoms with Crippen LogP contribution in [0.2, 0.25) is 0 Å². The summed E-state index contributed by atoms with van der Waals surface area (Å²) in [6, 6.07) is 21.6. The summed E-state index contributed by atoms with van der Waals surface area (Å²) >= 11 is 0. The number of para-hydroxylation sites is 1. The lowest BCUT2D eigenvalue weighted by Crippen LogP contribution is -2.13. The summed E-state index contributed by atoms with van der Waals surface area (Å²) < 4.78 is 7.62. The lowest BCUT2D eigenvalue weighted by atomic mass is 10.1. The predicted octanol–water partition coefficient (Wildman–Crippen LogP) is 3.71. The summed E-state index contributed by atoms with van der Waals surface area (Å²) in [6.45, 7) is 0.367. The van der Waals surface area contributed by atoms with Crippen LogP contribution >= 0.6 is 0 Å². The minimum Gasteiger partial charge on any atom is -0.483 e. The first-order chi connectivity index (χ1) is 14.3. The van der Waals surface area contributed by atoms with E-state index in [1.165, 1.54) is 0 Å². The molecule has 0 aliphatic heterocycles. The molecular weight excluding hydrogens is 364 g/mol. The Morgan fingerprint density at radius 1 is 0.931 bits per heavy atom. The van der Waals surface area contributed by atoms with E-state index in [1.807, 2.05) is 72.9 Å². The predicted molar refractivity (Wildman–Crippen MR) is 111 cm³/mol. The summed E-state index contributed by atoms with van der Waals surface area (Å²) in [4.78, 5) is 14.9. The number of nitrogens with one attached hydrogen (secondary N) is 1. The van der Waals surface area contributed by atoms with E-state index < -0.39 is 0 Å². The highest BCUT2D eigenvalue weighted by molar-refractivity contribution is 5.31. The highest BCUT2D eigenvalue weighted by Gasteiger charge is 2.10. The number of benzene rings is 2. The van der Waals surface area contributed by atoms with Crippen molar-refractivity contribution in [1.82, 2.24) is 20.0 Å². The van der Waals surface area contributed by atoms with Crippen molar-refractivity contribution in [2.75, 3.05) is 0 Å². The third kappa shape index (κ3) is 4.79. The molecule has 0 saturated carbocycles. The van der Waals surface area contributed by atoms with Gasteiger partial charge in [0.2, 0.25) is 0 Å². The molecule has 2 aromatic heterocycles. The molecule has 1 N–H and O–H groups in total. The monoisotopic (exact) mass is 386 g/mol. The minimum absolute atomic E-state index is 0.201. The summed E-state index contributed by atoms with van der Waals surface area (Å²) in [7, 11) is 0. The van der Waals surface area contributed by atoms with Crippen LogP contribution in [0.5, 0.6) is 5.75 Å². The number of aromatic nitrogens is 4. The Labute approximate surface area is 168 Å². The molecule has 0 bridgehead atoms. The zero-order chi connectivity index (χ0) is 19.9. The van der Waals surface area contributed by atoms with Crippen LogP contribution in [0.3, 0.4) is 0 Å². The number of nitrogens with zero attached hydrogens (tertiary/aromatic N) is 3. The van der Waals surface area contributed by atoms with E-state index in [4.69, 9.17) is 4.74 Å². The number of aromatic amines is 1. The molecule has 146 valence electrons. The Morgan fingerprint density at radius 2 is 1.69 bits per heavy atom. The maximum Gasteiger partial charge on any atom is 0.290 e. The van der Waals surface area contributed by atoms with Crippen molar-refractivity contribution in [3.63, 3.8) is 0 Å². The van der Waals surface area contributed by atoms with Crippen molar-refractivity contribution in [3.8, 4) is 11.4 Å². The van der Waals surface area contributed by atoms with Crippen LogP contribution in [-0.2, 0) is 19.4 Å². The van der Waals surface area contributed by atoms with Gasteiger partial charge in [-0.05, 0) is 43.0 Å². The largest absolute Gasteiger partial charge is 0.483 e. The molecule has 29 heavy (non-hydrogen) atoms. The van der Waals surface area contributed by atoms with Crippen LogP contribution in [-0.4, -0.2) is 20.0 Å². The van der Waals surface area contributed by atoms with E-state index >= 15 is 0 Å². The van der Waals surface area contributed by atoms with Crippen LogP contribution in [0.1, 0.15) is 23.2 Å². The van der Waals surface area contributed by atoms with E-state index in [2.05, 4.69) is 15.3 Å². The van der Waals surface area contributed by atoms with Gasteiger partial charge in [-0.25, -0.2) is 4.68 Å². The van der Waals surface area contributed by atoms with Crippen LogP contribution in [0, 0.1) is 0 Å². The van der Waals surface area contributed by atoms with E-state index in [0.29, 0.717) is 12.4 Å². The molecule has 0 unspecified atom stereocenters. The van der Waals surface area contributed by atoms with Crippen molar-refractivity contribution in [3.05, 3.63) is 106 Å². The number of ether oxygens (including phenoxy) is 1. The van der Waals surface area contributed by atoms with Gasteiger partial charge in [-0.2, -0.15) is 0 Å². The fourth-order valence-corrected chi connectivity index (χ4v) is 3.17. The first-order valence-corrected chi connectivity index (χ1v) is 9.63. The van der Waals surface area contributed by atoms with Crippen molar-refractivity contribution in [2.45, 2.75) is 25.9 Å². The molecule has 2 aromatic carbocycles. The van der Waals surface area contributed by atoms with E-state index in [1.54, 1.807) is 10.9 Å². The second-order valence-electron chi connectivity index (χ2n) is 6.78. The maximum absolute atomic E-state index is 12.2. The molecule has 4 aromatic rings. The standard InChI is InChI=1S/C23H22N4O2/c28-23-22(29-17-18-8-3-1-4-9-18)19(14-15-24-23)10-7-11-20-16-27(26-25-20)21-12-5-2-6-13-21/h1-6,8-9,12-16H,7,10-11,17H2,(H,24,28). The lowest BCUT2D eigenvalue weighted by Gasteiger charge is -2.10. The normalized spacial score (nSPS) is 10.8. The van der Waals surface area contributed by atoms with Gasteiger partial charge in [0.05, 0.1) is 17.6 Å². The van der Waals surface area contributed by atoms with Gasteiger partial charge < -0.3 is 9.72 Å². The Kier molecular flexibility index (Phi) is 5.81. The van der Waals surface area contributed by atoms with Crippen LogP contribution in [0.15, 0.2) is 83.9 Å². The smallest absolute Gasteiger partial charge is 0.290 e. The SMILES string of the molecule is O=c1[nH]ccc(CCCc2cn(-c3ccccc3)nn2)c1OCc1ccccc1. The summed E-state index contributed by atoms with van der Waals surface area (Å²) in [5.74, 6) is 0.393. The molecule has 4 rings (SSSR count). The number of hydrogen-bond donors (Lipinski definition) is 1. The molecular formula is C23H22N4O2. The number of rotatable bonds is 8. The second kappa shape index (κ2) is 9.01. The van der Waals surface area contributed by atoms with E-state index in [9.17, 15) is 4.79 Å². The molecule has 0 spiro atoms. The molecule has 0 saturated heterocycles. The average Bonchev–Trinajstić information content (AvgIpc) is 3.24. The molecule has 6 nitrogen and oxygen atoms in total. The van der Waals surface area contributed by atoms with Gasteiger partial charge in [0, 0.05) is 11.8 Å². The number of hydrogen-bond acceptors (Lipinski definition) is 4. The van der Waals surface area contributed by atoms with Gasteiger partial charge in [-0.1, -0.05) is 53.7 Å². The number of H-pyrrole nitrogens is 1. The molecule has 0 aliphatic rings. The van der Waals surface area contributed by atoms with Gasteiger partial charge >= 0.3 is 0 Å². The lowest BCUT2D eigenvalue weighted by molar-refractivity contribution is 0.298. The van der Waals surface area contributed by atoms with Crippen molar-refractivity contribution in [1.29, 1.82) is 0 Å². The summed E-state index contributed by atoms with van der Waals surface area (Å²) in [5.41, 5.74) is 3.63. The zero-order valence-corrected chi connectivity index (χ0v) is 16.0. The van der Waals surface area contributed by atoms with Crippen molar-refractivity contribution >= 4 is 0 Å². The molecule has 6 heteroatoms. The quantitative estimate of drug-likeness (QED) is 0.501. The highest BCUT2D eigenvalue weighted by atomic mass is 16.5. The van der Waals surface area contributed by atoms with E-state index in [-0.39, 0.29) is 5.56 Å². The zero-order valence-electron chi connectivity index (χ0n) is 16.0. The van der Waals surface area contributed by atoms with Crippen LogP contribution in [0.25, 0.3) is 5.69 Å². The average molecular weight is 386 g/mol. The topological polar surface area (TPSA) is 72.8 Å². The van der Waals surface area contributed by atoms with Crippen molar-refractivity contribution < 1.29 is 4.74 Å². The maximum atomic E-state index is 12.2. The van der Waals surface area contributed by atoms with Crippen LogP contribution < -0.4 is 10.3 Å². The third-order valence-electron chi connectivity index (χ3n) is 4.66. The molecule has 0 atom stereocenters. The van der Waals surface area contributed by atoms with Gasteiger partial charge in [-0.3, -0.25) is 4.79 Å². The molecule has 0 amide bonds. The second-order valence-corrected chi connectivity index (χ2v) is 6.78. The Hall–Kier alpha value is -3.67. The molecule has 0 fully saturated rings. The molecule has 2 heterocycles. The van der Waals surface area contributed by atoms with Gasteiger partial charge in [-0.15, -0.1) is 5.10 Å². The Bertz CT molecular complexity index is 1100. The summed E-state index contributed by atoms with van der Waals surface area (Å²) in [5, 5.41) is 8.45.